The fourth-order valence-electron chi connectivity index (χ4n) is 4.06. The lowest BCUT2D eigenvalue weighted by Crippen LogP contribution is -2.42. The van der Waals surface area contributed by atoms with E-state index in [0.717, 1.165) is 30.5 Å². The molecule has 0 unspecified atom stereocenters. The molecular formula is C24H26N2O4. The number of hydrogen-bond donors (Lipinski definition) is 0. The number of ether oxygens (including phenoxy) is 1. The van der Waals surface area contributed by atoms with Crippen molar-refractivity contribution in [2.75, 3.05) is 13.1 Å². The molecule has 2 aliphatic heterocycles. The van der Waals surface area contributed by atoms with Crippen molar-refractivity contribution in [2.24, 2.45) is 0 Å². The van der Waals surface area contributed by atoms with Crippen LogP contribution in [0.5, 0.6) is 0 Å². The fraction of sp³-hybridized carbons (Fsp3) is 0.375. The van der Waals surface area contributed by atoms with Gasteiger partial charge >= 0.3 is 5.97 Å². The van der Waals surface area contributed by atoms with E-state index in [2.05, 4.69) is 6.07 Å². The molecule has 1 saturated heterocycles. The summed E-state index contributed by atoms with van der Waals surface area (Å²) in [4.78, 5) is 40.6. The maximum absolute atomic E-state index is 12.8. The van der Waals surface area contributed by atoms with Gasteiger partial charge in [-0.2, -0.15) is 0 Å². The van der Waals surface area contributed by atoms with E-state index in [0.29, 0.717) is 31.6 Å². The maximum atomic E-state index is 12.8. The van der Waals surface area contributed by atoms with Crippen molar-refractivity contribution in [1.82, 2.24) is 9.80 Å². The monoisotopic (exact) mass is 406 g/mol. The molecule has 30 heavy (non-hydrogen) atoms. The number of nitrogens with zero attached hydrogens (tertiary/aromatic N) is 2. The van der Waals surface area contributed by atoms with E-state index in [9.17, 15) is 14.4 Å². The number of esters is 1. The van der Waals surface area contributed by atoms with Crippen molar-refractivity contribution >= 4 is 17.8 Å². The summed E-state index contributed by atoms with van der Waals surface area (Å²) in [5.74, 6) is -0.523. The largest absolute Gasteiger partial charge is 0.449 e. The molecule has 0 aromatic heterocycles. The summed E-state index contributed by atoms with van der Waals surface area (Å²) < 4.78 is 5.44. The average molecular weight is 406 g/mol. The number of fused-ring (bicyclic) bond motifs is 1. The molecule has 1 atom stereocenters. The number of rotatable bonds is 5. The summed E-state index contributed by atoms with van der Waals surface area (Å²) in [5, 5.41) is 0. The standard InChI is InChI=1S/C24H26N2O4/c1-17(23(28)26-14-12-19-5-2-3-6-21(19)16-26)30-24(29)20-10-8-18(9-11-20)15-25-13-4-7-22(25)27/h2-3,5-6,8-11,17H,4,7,12-16H2,1H3/t17-/m0/s1. The Kier molecular flexibility index (Phi) is 5.84. The first-order chi connectivity index (χ1) is 14.5. The lowest BCUT2D eigenvalue weighted by molar-refractivity contribution is -0.140. The van der Waals surface area contributed by atoms with Crippen LogP contribution in [0, 0.1) is 0 Å². The number of amides is 2. The number of benzene rings is 2. The normalized spacial score (nSPS) is 16.9. The Labute approximate surface area is 176 Å². The first-order valence-electron chi connectivity index (χ1n) is 10.4. The van der Waals surface area contributed by atoms with Crippen LogP contribution in [0.15, 0.2) is 48.5 Å². The van der Waals surface area contributed by atoms with Crippen LogP contribution in [0.2, 0.25) is 0 Å². The molecule has 2 aromatic carbocycles. The topological polar surface area (TPSA) is 66.9 Å². The van der Waals surface area contributed by atoms with Gasteiger partial charge in [-0.3, -0.25) is 9.59 Å². The second kappa shape index (κ2) is 8.69. The SMILES string of the molecule is C[C@H](OC(=O)c1ccc(CN2CCCC2=O)cc1)C(=O)N1CCc2ccccc2C1. The number of hydrogen-bond acceptors (Lipinski definition) is 4. The van der Waals surface area contributed by atoms with Crippen molar-refractivity contribution in [3.63, 3.8) is 0 Å². The van der Waals surface area contributed by atoms with Gasteiger partial charge in [-0.1, -0.05) is 36.4 Å². The van der Waals surface area contributed by atoms with Gasteiger partial charge in [-0.25, -0.2) is 4.79 Å². The van der Waals surface area contributed by atoms with E-state index < -0.39 is 12.1 Å². The number of carbonyl (C=O) groups excluding carboxylic acids is 3. The quantitative estimate of drug-likeness (QED) is 0.716. The molecule has 2 aliphatic rings. The van der Waals surface area contributed by atoms with Crippen LogP contribution in [-0.2, 0) is 33.8 Å². The second-order valence-electron chi connectivity index (χ2n) is 7.94. The van der Waals surface area contributed by atoms with Crippen LogP contribution in [0.4, 0.5) is 0 Å². The Bertz CT molecular complexity index is 954. The van der Waals surface area contributed by atoms with E-state index in [1.807, 2.05) is 35.2 Å². The van der Waals surface area contributed by atoms with Crippen molar-refractivity contribution in [1.29, 1.82) is 0 Å². The van der Waals surface area contributed by atoms with Crippen molar-refractivity contribution in [2.45, 2.75) is 45.4 Å². The Hall–Kier alpha value is -3.15. The molecule has 156 valence electrons. The van der Waals surface area contributed by atoms with Crippen LogP contribution in [0.1, 0.15) is 46.8 Å². The molecule has 4 rings (SSSR count). The molecule has 0 spiro atoms. The highest BCUT2D eigenvalue weighted by Crippen LogP contribution is 2.20. The Morgan fingerprint density at radius 2 is 1.73 bits per heavy atom. The van der Waals surface area contributed by atoms with Gasteiger partial charge < -0.3 is 14.5 Å². The first kappa shape index (κ1) is 20.1. The smallest absolute Gasteiger partial charge is 0.338 e. The number of carbonyl (C=O) groups is 3. The zero-order valence-corrected chi connectivity index (χ0v) is 17.2. The van der Waals surface area contributed by atoms with Gasteiger partial charge in [0.1, 0.15) is 0 Å². The van der Waals surface area contributed by atoms with Gasteiger partial charge in [-0.05, 0) is 48.6 Å². The van der Waals surface area contributed by atoms with Gasteiger partial charge in [0, 0.05) is 32.6 Å². The van der Waals surface area contributed by atoms with Gasteiger partial charge in [-0.15, -0.1) is 0 Å². The summed E-state index contributed by atoms with van der Waals surface area (Å²) in [7, 11) is 0. The summed E-state index contributed by atoms with van der Waals surface area (Å²) in [5.41, 5.74) is 3.78. The lowest BCUT2D eigenvalue weighted by atomic mass is 9.99. The minimum Gasteiger partial charge on any atom is -0.449 e. The Balaban J connectivity index is 1.33. The predicted molar refractivity (Wildman–Crippen MR) is 112 cm³/mol. The van der Waals surface area contributed by atoms with Crippen LogP contribution < -0.4 is 0 Å². The van der Waals surface area contributed by atoms with E-state index in [4.69, 9.17) is 4.74 Å². The molecule has 0 radical (unpaired) electrons. The highest BCUT2D eigenvalue weighted by atomic mass is 16.5. The molecule has 0 saturated carbocycles. The third-order valence-corrected chi connectivity index (χ3v) is 5.81. The molecule has 0 aliphatic carbocycles. The summed E-state index contributed by atoms with van der Waals surface area (Å²) in [6.07, 6.45) is 1.48. The van der Waals surface area contributed by atoms with E-state index in [1.54, 1.807) is 24.0 Å². The van der Waals surface area contributed by atoms with Crippen LogP contribution in [0.3, 0.4) is 0 Å². The summed E-state index contributed by atoms with van der Waals surface area (Å²) >= 11 is 0. The molecule has 2 heterocycles. The second-order valence-corrected chi connectivity index (χ2v) is 7.94. The summed E-state index contributed by atoms with van der Waals surface area (Å²) in [6.45, 7) is 4.12. The van der Waals surface area contributed by atoms with Gasteiger partial charge in [0.15, 0.2) is 6.10 Å². The van der Waals surface area contributed by atoms with Crippen LogP contribution >= 0.6 is 0 Å². The maximum Gasteiger partial charge on any atom is 0.338 e. The van der Waals surface area contributed by atoms with Gasteiger partial charge in [0.2, 0.25) is 5.91 Å². The van der Waals surface area contributed by atoms with Crippen molar-refractivity contribution in [3.8, 4) is 0 Å². The molecule has 0 bridgehead atoms. The molecule has 6 nitrogen and oxygen atoms in total. The average Bonchev–Trinajstić information content (AvgIpc) is 3.17. The van der Waals surface area contributed by atoms with Crippen molar-refractivity contribution < 1.29 is 19.1 Å². The molecule has 2 aromatic rings. The first-order valence-corrected chi connectivity index (χ1v) is 10.4. The van der Waals surface area contributed by atoms with Crippen LogP contribution in [0.25, 0.3) is 0 Å². The Morgan fingerprint density at radius 3 is 2.43 bits per heavy atom. The van der Waals surface area contributed by atoms with E-state index >= 15 is 0 Å². The zero-order valence-electron chi connectivity index (χ0n) is 17.2. The molecular weight excluding hydrogens is 380 g/mol. The third kappa shape index (κ3) is 4.37. The van der Waals surface area contributed by atoms with E-state index in [1.165, 1.54) is 5.56 Å². The highest BCUT2D eigenvalue weighted by Gasteiger charge is 2.27. The highest BCUT2D eigenvalue weighted by molar-refractivity contribution is 5.92. The van der Waals surface area contributed by atoms with Crippen LogP contribution in [-0.4, -0.2) is 46.8 Å². The fourth-order valence-corrected chi connectivity index (χ4v) is 4.06. The van der Waals surface area contributed by atoms with Crippen molar-refractivity contribution in [3.05, 3.63) is 70.8 Å². The number of likely N-dealkylation sites (tertiary alicyclic amines) is 1. The molecule has 1 fully saturated rings. The summed E-state index contributed by atoms with van der Waals surface area (Å²) in [6, 6.07) is 15.1. The minimum atomic E-state index is -0.843. The van der Waals surface area contributed by atoms with Gasteiger partial charge in [0.05, 0.1) is 5.56 Å². The minimum absolute atomic E-state index is 0.172. The predicted octanol–water partition coefficient (Wildman–Crippen LogP) is 2.94. The van der Waals surface area contributed by atoms with Gasteiger partial charge in [0.25, 0.3) is 5.91 Å². The molecule has 0 N–H and O–H groups in total. The molecule has 2 amide bonds. The van der Waals surface area contributed by atoms with E-state index in [-0.39, 0.29) is 11.8 Å². The third-order valence-electron chi connectivity index (χ3n) is 5.81. The molecule has 6 heteroatoms. The lowest BCUT2D eigenvalue weighted by Gasteiger charge is -2.30. The Morgan fingerprint density at radius 1 is 1.00 bits per heavy atom. The zero-order chi connectivity index (χ0) is 21.1.